The Labute approximate surface area is 188 Å². The molecule has 168 valence electrons. The van der Waals surface area contributed by atoms with Crippen LogP contribution >= 0.6 is 0 Å². The van der Waals surface area contributed by atoms with Gasteiger partial charge in [0.05, 0.1) is 24.3 Å². The number of anilines is 2. The maximum Gasteiger partial charge on any atom is 0.264 e. The third kappa shape index (κ3) is 5.66. The minimum absolute atomic E-state index is 0.0637. The van der Waals surface area contributed by atoms with Gasteiger partial charge in [0.2, 0.25) is 5.91 Å². The highest BCUT2D eigenvalue weighted by atomic mass is 32.2. The number of aryl methyl sites for hydroxylation is 1. The molecule has 0 unspecified atom stereocenters. The zero-order valence-corrected chi connectivity index (χ0v) is 19.1. The topological polar surface area (TPSA) is 84.9 Å². The second-order valence-electron chi connectivity index (χ2n) is 7.20. The number of nitrogens with zero attached hydrogens (tertiary/aromatic N) is 1. The number of ether oxygens (including phenoxy) is 2. The van der Waals surface area contributed by atoms with Gasteiger partial charge >= 0.3 is 0 Å². The summed E-state index contributed by atoms with van der Waals surface area (Å²) in [6.07, 6.45) is 0. The molecule has 32 heavy (non-hydrogen) atoms. The molecular formula is C24H26N2O5S. The van der Waals surface area contributed by atoms with Crippen molar-refractivity contribution < 1.29 is 22.7 Å². The molecule has 3 aromatic rings. The first-order valence-electron chi connectivity index (χ1n) is 9.94. The molecule has 3 rings (SSSR count). The molecule has 7 nitrogen and oxygen atoms in total. The monoisotopic (exact) mass is 454 g/mol. The van der Waals surface area contributed by atoms with Gasteiger partial charge in [-0.3, -0.25) is 9.10 Å². The van der Waals surface area contributed by atoms with E-state index in [2.05, 4.69) is 5.32 Å². The van der Waals surface area contributed by atoms with Gasteiger partial charge in [-0.1, -0.05) is 29.8 Å². The van der Waals surface area contributed by atoms with Crippen LogP contribution in [0, 0.1) is 6.92 Å². The van der Waals surface area contributed by atoms with Crippen LogP contribution in [-0.4, -0.2) is 35.1 Å². The first-order chi connectivity index (χ1) is 15.3. The predicted octanol–water partition coefficient (Wildman–Crippen LogP) is 3.98. The van der Waals surface area contributed by atoms with Crippen LogP contribution in [0.25, 0.3) is 0 Å². The SMILES string of the molecule is COCc1cccc(NC(=O)CN(c2ccc(C)cc2)S(=O)(=O)c2ccc(OC)cc2)c1. The van der Waals surface area contributed by atoms with Crippen molar-refractivity contribution in [3.63, 3.8) is 0 Å². The summed E-state index contributed by atoms with van der Waals surface area (Å²) in [5.41, 5.74) is 2.84. The van der Waals surface area contributed by atoms with E-state index in [1.165, 1.54) is 19.2 Å². The van der Waals surface area contributed by atoms with Crippen LogP contribution in [0.2, 0.25) is 0 Å². The lowest BCUT2D eigenvalue weighted by molar-refractivity contribution is -0.114. The number of hydrogen-bond acceptors (Lipinski definition) is 5. The van der Waals surface area contributed by atoms with E-state index in [4.69, 9.17) is 9.47 Å². The summed E-state index contributed by atoms with van der Waals surface area (Å²) < 4.78 is 38.2. The third-order valence-corrected chi connectivity index (χ3v) is 6.57. The highest BCUT2D eigenvalue weighted by molar-refractivity contribution is 7.92. The van der Waals surface area contributed by atoms with Crippen LogP contribution in [0.4, 0.5) is 11.4 Å². The number of sulfonamides is 1. The van der Waals surface area contributed by atoms with Crippen LogP contribution in [0.5, 0.6) is 5.75 Å². The fraction of sp³-hybridized carbons (Fsp3) is 0.208. The van der Waals surface area contributed by atoms with Crippen molar-refractivity contribution in [1.82, 2.24) is 0 Å². The number of rotatable bonds is 9. The van der Waals surface area contributed by atoms with E-state index < -0.39 is 15.9 Å². The average molecular weight is 455 g/mol. The Balaban J connectivity index is 1.90. The van der Waals surface area contributed by atoms with Crippen molar-refractivity contribution in [3.8, 4) is 5.75 Å². The van der Waals surface area contributed by atoms with Gasteiger partial charge in [0.1, 0.15) is 12.3 Å². The molecule has 0 radical (unpaired) electrons. The predicted molar refractivity (Wildman–Crippen MR) is 124 cm³/mol. The van der Waals surface area contributed by atoms with Crippen molar-refractivity contribution in [1.29, 1.82) is 0 Å². The molecule has 3 aromatic carbocycles. The number of carbonyl (C=O) groups is 1. The molecule has 0 atom stereocenters. The van der Waals surface area contributed by atoms with Crippen LogP contribution in [0.3, 0.4) is 0 Å². The fourth-order valence-electron chi connectivity index (χ4n) is 3.14. The zero-order valence-electron chi connectivity index (χ0n) is 18.2. The summed E-state index contributed by atoms with van der Waals surface area (Å²) in [6.45, 7) is 1.93. The molecule has 0 saturated heterocycles. The summed E-state index contributed by atoms with van der Waals surface area (Å²) in [4.78, 5) is 12.9. The van der Waals surface area contributed by atoms with E-state index in [1.54, 1.807) is 61.7 Å². The summed E-state index contributed by atoms with van der Waals surface area (Å²) in [5, 5.41) is 2.77. The molecule has 0 aliphatic rings. The van der Waals surface area contributed by atoms with Crippen LogP contribution in [0.15, 0.2) is 77.7 Å². The Morgan fingerprint density at radius 3 is 2.28 bits per heavy atom. The number of amides is 1. The van der Waals surface area contributed by atoms with Gasteiger partial charge < -0.3 is 14.8 Å². The van der Waals surface area contributed by atoms with E-state index in [1.807, 2.05) is 13.0 Å². The van der Waals surface area contributed by atoms with E-state index >= 15 is 0 Å². The lowest BCUT2D eigenvalue weighted by Crippen LogP contribution is -2.38. The minimum atomic E-state index is -4.00. The second kappa shape index (κ2) is 10.3. The van der Waals surface area contributed by atoms with Crippen LogP contribution in [-0.2, 0) is 26.2 Å². The Kier molecular flexibility index (Phi) is 7.50. The number of benzene rings is 3. The highest BCUT2D eigenvalue weighted by Gasteiger charge is 2.27. The van der Waals surface area contributed by atoms with Gasteiger partial charge in [0.15, 0.2) is 0 Å². The van der Waals surface area contributed by atoms with Crippen molar-refractivity contribution in [3.05, 3.63) is 83.9 Å². The molecular weight excluding hydrogens is 428 g/mol. The summed E-state index contributed by atoms with van der Waals surface area (Å²) in [5.74, 6) is 0.0803. The van der Waals surface area contributed by atoms with Crippen molar-refractivity contribution in [2.45, 2.75) is 18.4 Å². The summed E-state index contributed by atoms with van der Waals surface area (Å²) in [6, 6.07) is 20.2. The second-order valence-corrected chi connectivity index (χ2v) is 9.07. The molecule has 1 amide bonds. The van der Waals surface area contributed by atoms with E-state index in [-0.39, 0.29) is 11.4 Å². The normalized spacial score (nSPS) is 11.1. The maximum absolute atomic E-state index is 13.4. The highest BCUT2D eigenvalue weighted by Crippen LogP contribution is 2.25. The van der Waals surface area contributed by atoms with Gasteiger partial charge in [-0.2, -0.15) is 0 Å². The third-order valence-electron chi connectivity index (χ3n) is 4.78. The Bertz CT molecular complexity index is 1160. The number of methoxy groups -OCH3 is 2. The number of hydrogen-bond donors (Lipinski definition) is 1. The minimum Gasteiger partial charge on any atom is -0.497 e. The van der Waals surface area contributed by atoms with Gasteiger partial charge in [-0.25, -0.2) is 8.42 Å². The zero-order chi connectivity index (χ0) is 23.1. The summed E-state index contributed by atoms with van der Waals surface area (Å²) in [7, 11) is -0.899. The molecule has 0 aromatic heterocycles. The van der Waals surface area contributed by atoms with E-state index in [0.29, 0.717) is 23.7 Å². The summed E-state index contributed by atoms with van der Waals surface area (Å²) >= 11 is 0. The molecule has 8 heteroatoms. The molecule has 1 N–H and O–H groups in total. The van der Waals surface area contributed by atoms with E-state index in [0.717, 1.165) is 15.4 Å². The van der Waals surface area contributed by atoms with Crippen LogP contribution in [0.1, 0.15) is 11.1 Å². The quantitative estimate of drug-likeness (QED) is 0.529. The fourth-order valence-corrected chi connectivity index (χ4v) is 4.56. The molecule has 0 bridgehead atoms. The van der Waals surface area contributed by atoms with Gasteiger partial charge in [-0.05, 0) is 61.0 Å². The molecule has 0 aliphatic carbocycles. The van der Waals surface area contributed by atoms with Crippen molar-refractivity contribution in [2.75, 3.05) is 30.4 Å². The van der Waals surface area contributed by atoms with Crippen molar-refractivity contribution in [2.24, 2.45) is 0 Å². The molecule has 0 saturated carbocycles. The lowest BCUT2D eigenvalue weighted by Gasteiger charge is -2.24. The molecule has 0 spiro atoms. The first kappa shape index (κ1) is 23.3. The Hall–Kier alpha value is -3.36. The van der Waals surface area contributed by atoms with Crippen molar-refractivity contribution >= 4 is 27.3 Å². The maximum atomic E-state index is 13.4. The standard InChI is InChI=1S/C24H26N2O5S/c1-18-7-9-21(10-8-18)26(32(28,29)23-13-11-22(31-3)12-14-23)16-24(27)25-20-6-4-5-19(15-20)17-30-2/h4-15H,16-17H2,1-3H3,(H,25,27). The smallest absolute Gasteiger partial charge is 0.264 e. The Morgan fingerprint density at radius 1 is 0.969 bits per heavy atom. The van der Waals surface area contributed by atoms with E-state index in [9.17, 15) is 13.2 Å². The van der Waals surface area contributed by atoms with Gasteiger partial charge in [0.25, 0.3) is 10.0 Å². The number of nitrogens with one attached hydrogen (secondary N) is 1. The molecule has 0 aliphatic heterocycles. The lowest BCUT2D eigenvalue weighted by atomic mass is 10.2. The Morgan fingerprint density at radius 2 is 1.66 bits per heavy atom. The van der Waals surface area contributed by atoms with Gasteiger partial charge in [0, 0.05) is 12.8 Å². The van der Waals surface area contributed by atoms with Gasteiger partial charge in [-0.15, -0.1) is 0 Å². The van der Waals surface area contributed by atoms with Crippen LogP contribution < -0.4 is 14.4 Å². The number of carbonyl (C=O) groups excluding carboxylic acids is 1. The first-order valence-corrected chi connectivity index (χ1v) is 11.4. The molecule has 0 heterocycles. The largest absolute Gasteiger partial charge is 0.497 e. The average Bonchev–Trinajstić information content (AvgIpc) is 2.78. The molecule has 0 fully saturated rings.